The van der Waals surface area contributed by atoms with Crippen molar-refractivity contribution in [2.45, 2.75) is 18.9 Å². The number of amides is 1. The third kappa shape index (κ3) is 2.74. The molecule has 1 aromatic carbocycles. The zero-order chi connectivity index (χ0) is 11.5. The zero-order valence-corrected chi connectivity index (χ0v) is 11.0. The second kappa shape index (κ2) is 5.14. The van der Waals surface area contributed by atoms with E-state index in [1.165, 1.54) is 0 Å². The van der Waals surface area contributed by atoms with E-state index in [2.05, 4.69) is 27.9 Å². The van der Waals surface area contributed by atoms with Crippen LogP contribution in [0.15, 0.2) is 24.3 Å². The summed E-state index contributed by atoms with van der Waals surface area (Å²) in [5.74, 6) is 0.423. The quantitative estimate of drug-likeness (QED) is 0.830. The van der Waals surface area contributed by atoms with E-state index in [4.69, 9.17) is 5.11 Å². The summed E-state index contributed by atoms with van der Waals surface area (Å²) in [5, 5.41) is 12.0. The molecular weight excluding hydrogens is 317 g/mol. The second-order valence-electron chi connectivity index (χ2n) is 4.18. The van der Waals surface area contributed by atoms with Gasteiger partial charge in [0.25, 0.3) is 5.91 Å². The maximum absolute atomic E-state index is 11.8. The molecule has 0 atom stereocenters. The van der Waals surface area contributed by atoms with Crippen molar-refractivity contribution in [2.75, 3.05) is 6.54 Å². The van der Waals surface area contributed by atoms with Gasteiger partial charge in [-0.25, -0.2) is 0 Å². The largest absolute Gasteiger partial charge is 0.393 e. The molecule has 1 fully saturated rings. The molecule has 1 aliphatic rings. The number of hydrogen-bond acceptors (Lipinski definition) is 2. The summed E-state index contributed by atoms with van der Waals surface area (Å²) in [6.07, 6.45) is 1.47. The van der Waals surface area contributed by atoms with Crippen molar-refractivity contribution < 1.29 is 9.90 Å². The third-order valence-corrected chi connectivity index (χ3v) is 3.82. The first-order valence-corrected chi connectivity index (χ1v) is 6.45. The molecule has 0 aromatic heterocycles. The van der Waals surface area contributed by atoms with Gasteiger partial charge in [-0.05, 0) is 53.5 Å². The van der Waals surface area contributed by atoms with Gasteiger partial charge in [0.15, 0.2) is 0 Å². The van der Waals surface area contributed by atoms with Crippen LogP contribution in [0.1, 0.15) is 23.2 Å². The van der Waals surface area contributed by atoms with Crippen LogP contribution in [0.2, 0.25) is 0 Å². The number of benzene rings is 1. The molecule has 0 bridgehead atoms. The summed E-state index contributed by atoms with van der Waals surface area (Å²) >= 11 is 2.16. The highest BCUT2D eigenvalue weighted by Gasteiger charge is 2.27. The van der Waals surface area contributed by atoms with Crippen molar-refractivity contribution in [1.29, 1.82) is 0 Å². The Balaban J connectivity index is 1.86. The highest BCUT2D eigenvalue weighted by Crippen LogP contribution is 2.26. The summed E-state index contributed by atoms with van der Waals surface area (Å²) in [6.45, 7) is 0.668. The summed E-state index contributed by atoms with van der Waals surface area (Å²) in [7, 11) is 0. The molecule has 2 N–H and O–H groups in total. The molecule has 0 saturated heterocycles. The van der Waals surface area contributed by atoms with Crippen molar-refractivity contribution >= 4 is 28.5 Å². The van der Waals surface area contributed by atoms with E-state index in [1.54, 1.807) is 0 Å². The second-order valence-corrected chi connectivity index (χ2v) is 5.34. The third-order valence-electron chi connectivity index (χ3n) is 2.88. The molecule has 3 nitrogen and oxygen atoms in total. The molecule has 1 amide bonds. The van der Waals surface area contributed by atoms with Gasteiger partial charge in [-0.15, -0.1) is 0 Å². The van der Waals surface area contributed by atoms with Gasteiger partial charge in [0.1, 0.15) is 0 Å². The van der Waals surface area contributed by atoms with Crippen molar-refractivity contribution in [3.05, 3.63) is 33.4 Å². The van der Waals surface area contributed by atoms with Crippen LogP contribution in [-0.2, 0) is 0 Å². The van der Waals surface area contributed by atoms with Crippen molar-refractivity contribution in [2.24, 2.45) is 5.92 Å². The average Bonchev–Trinajstić information content (AvgIpc) is 2.23. The van der Waals surface area contributed by atoms with Crippen LogP contribution in [0.4, 0.5) is 0 Å². The van der Waals surface area contributed by atoms with Crippen molar-refractivity contribution in [3.63, 3.8) is 0 Å². The van der Waals surface area contributed by atoms with Gasteiger partial charge >= 0.3 is 0 Å². The van der Waals surface area contributed by atoms with Crippen LogP contribution in [0.3, 0.4) is 0 Å². The van der Waals surface area contributed by atoms with Gasteiger partial charge in [-0.1, -0.05) is 12.1 Å². The van der Waals surface area contributed by atoms with Crippen molar-refractivity contribution in [1.82, 2.24) is 5.32 Å². The number of rotatable bonds is 3. The first kappa shape index (κ1) is 11.9. The molecule has 16 heavy (non-hydrogen) atoms. The van der Waals surface area contributed by atoms with Gasteiger partial charge in [-0.2, -0.15) is 0 Å². The predicted molar refractivity (Wildman–Crippen MR) is 70.2 cm³/mol. The van der Waals surface area contributed by atoms with Crippen LogP contribution in [0.5, 0.6) is 0 Å². The summed E-state index contributed by atoms with van der Waals surface area (Å²) in [6, 6.07) is 7.53. The van der Waals surface area contributed by atoms with E-state index in [9.17, 15) is 4.79 Å². The minimum atomic E-state index is -0.154. The fourth-order valence-corrected chi connectivity index (χ4v) is 2.48. The molecule has 0 spiro atoms. The summed E-state index contributed by atoms with van der Waals surface area (Å²) in [4.78, 5) is 11.8. The Morgan fingerprint density at radius 1 is 1.44 bits per heavy atom. The molecule has 0 heterocycles. The van der Waals surface area contributed by atoms with Gasteiger partial charge in [-0.3, -0.25) is 4.79 Å². The Bertz CT molecular complexity index is 388. The molecule has 0 radical (unpaired) electrons. The Labute approximate surface area is 108 Å². The number of aliphatic hydroxyl groups is 1. The minimum absolute atomic E-state index is 0.0219. The first-order valence-electron chi connectivity index (χ1n) is 5.37. The normalized spacial score (nSPS) is 23.6. The van der Waals surface area contributed by atoms with Gasteiger partial charge in [0.2, 0.25) is 0 Å². The van der Waals surface area contributed by atoms with Crippen molar-refractivity contribution in [3.8, 4) is 0 Å². The van der Waals surface area contributed by atoms with E-state index in [-0.39, 0.29) is 12.0 Å². The number of halogens is 1. The lowest BCUT2D eigenvalue weighted by Crippen LogP contribution is -2.38. The smallest absolute Gasteiger partial charge is 0.252 e. The molecule has 4 heteroatoms. The highest BCUT2D eigenvalue weighted by atomic mass is 127. The Morgan fingerprint density at radius 2 is 2.12 bits per heavy atom. The van der Waals surface area contributed by atoms with Crippen LogP contribution < -0.4 is 5.32 Å². The standard InChI is InChI=1S/C12H14INO2/c13-11-4-2-1-3-10(11)12(16)14-7-8-5-9(15)6-8/h1-4,8-9,15H,5-7H2,(H,14,16). The Kier molecular flexibility index (Phi) is 3.81. The van der Waals surface area contributed by atoms with Crippen LogP contribution >= 0.6 is 22.6 Å². The lowest BCUT2D eigenvalue weighted by Gasteiger charge is -2.31. The van der Waals surface area contributed by atoms with E-state index in [0.29, 0.717) is 12.5 Å². The monoisotopic (exact) mass is 331 g/mol. The average molecular weight is 331 g/mol. The Morgan fingerprint density at radius 3 is 2.75 bits per heavy atom. The molecule has 1 aliphatic carbocycles. The number of carbonyl (C=O) groups is 1. The predicted octanol–water partition coefficient (Wildman–Crippen LogP) is 1.79. The minimum Gasteiger partial charge on any atom is -0.393 e. The number of hydrogen-bond donors (Lipinski definition) is 2. The van der Waals surface area contributed by atoms with E-state index < -0.39 is 0 Å². The number of nitrogens with one attached hydrogen (secondary N) is 1. The molecule has 1 saturated carbocycles. The molecule has 1 aromatic rings. The fraction of sp³-hybridized carbons (Fsp3) is 0.417. The molecule has 0 unspecified atom stereocenters. The number of carbonyl (C=O) groups excluding carboxylic acids is 1. The lowest BCUT2D eigenvalue weighted by molar-refractivity contribution is 0.0420. The summed E-state index contributed by atoms with van der Waals surface area (Å²) in [5.41, 5.74) is 0.725. The highest BCUT2D eigenvalue weighted by molar-refractivity contribution is 14.1. The van der Waals surface area contributed by atoms with E-state index in [1.807, 2.05) is 24.3 Å². The lowest BCUT2D eigenvalue weighted by atomic mass is 9.82. The Hall–Kier alpha value is -0.620. The van der Waals surface area contributed by atoms with E-state index >= 15 is 0 Å². The van der Waals surface area contributed by atoms with Crippen LogP contribution in [0, 0.1) is 9.49 Å². The van der Waals surface area contributed by atoms with E-state index in [0.717, 1.165) is 22.0 Å². The SMILES string of the molecule is O=C(NCC1CC(O)C1)c1ccccc1I. The molecular formula is C12H14INO2. The van der Waals surface area contributed by atoms with Gasteiger partial charge < -0.3 is 10.4 Å². The zero-order valence-electron chi connectivity index (χ0n) is 8.82. The molecule has 86 valence electrons. The maximum Gasteiger partial charge on any atom is 0.252 e. The summed E-state index contributed by atoms with van der Waals surface area (Å²) < 4.78 is 0.964. The van der Waals surface area contributed by atoms with Gasteiger partial charge in [0, 0.05) is 10.1 Å². The first-order chi connectivity index (χ1) is 7.66. The molecule has 2 rings (SSSR count). The maximum atomic E-state index is 11.8. The fourth-order valence-electron chi connectivity index (χ4n) is 1.84. The number of aliphatic hydroxyl groups excluding tert-OH is 1. The topological polar surface area (TPSA) is 49.3 Å². The van der Waals surface area contributed by atoms with Crippen LogP contribution in [-0.4, -0.2) is 23.7 Å². The van der Waals surface area contributed by atoms with Crippen LogP contribution in [0.25, 0.3) is 0 Å². The molecule has 0 aliphatic heterocycles. The van der Waals surface area contributed by atoms with Gasteiger partial charge in [0.05, 0.1) is 11.7 Å².